The van der Waals surface area contributed by atoms with Crippen molar-refractivity contribution in [2.24, 2.45) is 0 Å². The molecule has 63 valence electrons. The van der Waals surface area contributed by atoms with Crippen LogP contribution >= 0.6 is 0 Å². The summed E-state index contributed by atoms with van der Waals surface area (Å²) in [6.07, 6.45) is 0.0986. The molecule has 1 radical (unpaired) electrons. The molecule has 0 saturated heterocycles. The molecule has 0 aliphatic heterocycles. The van der Waals surface area contributed by atoms with Crippen LogP contribution in [0.15, 0.2) is 12.1 Å². The molecule has 1 rings (SSSR count). The Bertz CT molecular complexity index is 303. The summed E-state index contributed by atoms with van der Waals surface area (Å²) in [4.78, 5) is 10.4. The zero-order valence-corrected chi connectivity index (χ0v) is 7.22. The predicted molar refractivity (Wildman–Crippen MR) is 46.1 cm³/mol. The molecular formula is C10H11O2. The molecule has 12 heavy (non-hydrogen) atoms. The first-order chi connectivity index (χ1) is 5.61. The Hall–Kier alpha value is -1.31. The first-order valence-corrected chi connectivity index (χ1v) is 3.80. The summed E-state index contributed by atoms with van der Waals surface area (Å²) < 4.78 is 0. The molecule has 0 amide bonds. The Morgan fingerprint density at radius 3 is 2.83 bits per heavy atom. The second-order valence-corrected chi connectivity index (χ2v) is 2.82. The van der Waals surface area contributed by atoms with E-state index >= 15 is 0 Å². The van der Waals surface area contributed by atoms with Crippen LogP contribution < -0.4 is 0 Å². The van der Waals surface area contributed by atoms with Crippen molar-refractivity contribution in [3.63, 3.8) is 0 Å². The number of hydrogen-bond donors (Lipinski definition) is 1. The molecule has 1 aromatic rings. The van der Waals surface area contributed by atoms with Gasteiger partial charge in [0.1, 0.15) is 0 Å². The molecule has 2 heteroatoms. The number of carboxylic acid groups (broad SMARTS) is 1. The van der Waals surface area contributed by atoms with Crippen LogP contribution in [0.25, 0.3) is 0 Å². The highest BCUT2D eigenvalue weighted by molar-refractivity contribution is 5.70. The first kappa shape index (κ1) is 8.78. The lowest BCUT2D eigenvalue weighted by atomic mass is 10.0. The highest BCUT2D eigenvalue weighted by Gasteiger charge is 2.04. The minimum atomic E-state index is -0.788. The number of carbonyl (C=O) groups is 1. The van der Waals surface area contributed by atoms with Gasteiger partial charge in [0.25, 0.3) is 0 Å². The fourth-order valence-corrected chi connectivity index (χ4v) is 1.10. The van der Waals surface area contributed by atoms with Crippen LogP contribution in [0.1, 0.15) is 16.7 Å². The average Bonchev–Trinajstić information content (AvgIpc) is 1.98. The van der Waals surface area contributed by atoms with Gasteiger partial charge in [0.2, 0.25) is 0 Å². The molecule has 1 N–H and O–H groups in total. The van der Waals surface area contributed by atoms with E-state index in [1.165, 1.54) is 0 Å². The molecule has 2 nitrogen and oxygen atoms in total. The molecule has 0 heterocycles. The molecule has 0 atom stereocenters. The van der Waals surface area contributed by atoms with E-state index in [2.05, 4.69) is 6.07 Å². The zero-order chi connectivity index (χ0) is 9.14. The van der Waals surface area contributed by atoms with Crippen molar-refractivity contribution in [2.75, 3.05) is 0 Å². The van der Waals surface area contributed by atoms with Gasteiger partial charge < -0.3 is 5.11 Å². The molecule has 0 aliphatic carbocycles. The molecule has 0 aliphatic rings. The lowest BCUT2D eigenvalue weighted by molar-refractivity contribution is -0.136. The van der Waals surface area contributed by atoms with Crippen molar-refractivity contribution in [3.05, 3.63) is 34.9 Å². The Morgan fingerprint density at radius 2 is 2.25 bits per heavy atom. The molecular weight excluding hydrogens is 152 g/mol. The molecule has 0 bridgehead atoms. The van der Waals surface area contributed by atoms with Gasteiger partial charge in [-0.3, -0.25) is 4.79 Å². The number of carboxylic acids is 1. The van der Waals surface area contributed by atoms with Crippen molar-refractivity contribution >= 4 is 5.97 Å². The van der Waals surface area contributed by atoms with E-state index in [0.717, 1.165) is 16.7 Å². The average molecular weight is 163 g/mol. The molecule has 0 fully saturated rings. The topological polar surface area (TPSA) is 37.3 Å². The lowest BCUT2D eigenvalue weighted by Gasteiger charge is -2.04. The highest BCUT2D eigenvalue weighted by atomic mass is 16.4. The largest absolute Gasteiger partial charge is 0.481 e. The number of aliphatic carboxylic acids is 1. The minimum Gasteiger partial charge on any atom is -0.481 e. The van der Waals surface area contributed by atoms with Crippen molar-refractivity contribution in [3.8, 4) is 0 Å². The maximum Gasteiger partial charge on any atom is 0.307 e. The van der Waals surface area contributed by atoms with Gasteiger partial charge in [0.05, 0.1) is 6.42 Å². The summed E-state index contributed by atoms with van der Waals surface area (Å²) >= 11 is 0. The lowest BCUT2D eigenvalue weighted by Crippen LogP contribution is -2.02. The number of rotatable bonds is 2. The first-order valence-electron chi connectivity index (χ1n) is 3.80. The fourth-order valence-electron chi connectivity index (χ4n) is 1.10. The van der Waals surface area contributed by atoms with E-state index in [1.54, 1.807) is 12.1 Å². The zero-order valence-electron chi connectivity index (χ0n) is 7.22. The Kier molecular flexibility index (Phi) is 2.48. The molecule has 0 spiro atoms. The molecule has 0 unspecified atom stereocenters. The number of hydrogen-bond acceptors (Lipinski definition) is 1. The van der Waals surface area contributed by atoms with Gasteiger partial charge in [-0.1, -0.05) is 12.1 Å². The van der Waals surface area contributed by atoms with Gasteiger partial charge >= 0.3 is 5.97 Å². The quantitative estimate of drug-likeness (QED) is 0.720. The third-order valence-corrected chi connectivity index (χ3v) is 1.97. The molecule has 0 aromatic heterocycles. The van der Waals surface area contributed by atoms with Crippen LogP contribution in [-0.4, -0.2) is 11.1 Å². The van der Waals surface area contributed by atoms with Gasteiger partial charge in [0, 0.05) is 0 Å². The predicted octanol–water partition coefficient (Wildman–Crippen LogP) is 1.73. The van der Waals surface area contributed by atoms with E-state index < -0.39 is 5.97 Å². The summed E-state index contributed by atoms with van der Waals surface area (Å²) in [5.41, 5.74) is 2.92. The number of aryl methyl sites for hydroxylation is 1. The third kappa shape index (κ3) is 1.84. The normalized spacial score (nSPS) is 9.83. The Morgan fingerprint density at radius 1 is 1.58 bits per heavy atom. The summed E-state index contributed by atoms with van der Waals surface area (Å²) in [6, 6.07) is 6.59. The van der Waals surface area contributed by atoms with Gasteiger partial charge in [-0.15, -0.1) is 0 Å². The summed E-state index contributed by atoms with van der Waals surface area (Å²) in [6.45, 7) is 3.85. The van der Waals surface area contributed by atoms with Gasteiger partial charge in [-0.2, -0.15) is 0 Å². The standard InChI is InChI=1S/C10H11O2/c1-7-4-3-5-9(8(7)2)6-10(11)12/h3,5H,6H2,1-2H3,(H,11,12). The van der Waals surface area contributed by atoms with Crippen LogP contribution in [0.2, 0.25) is 0 Å². The third-order valence-electron chi connectivity index (χ3n) is 1.97. The van der Waals surface area contributed by atoms with Crippen LogP contribution in [0.4, 0.5) is 0 Å². The monoisotopic (exact) mass is 163 g/mol. The van der Waals surface area contributed by atoms with Crippen LogP contribution in [0.5, 0.6) is 0 Å². The maximum absolute atomic E-state index is 10.4. The van der Waals surface area contributed by atoms with Gasteiger partial charge in [0.15, 0.2) is 0 Å². The second kappa shape index (κ2) is 3.39. The summed E-state index contributed by atoms with van der Waals surface area (Å²) in [5, 5.41) is 8.57. The van der Waals surface area contributed by atoms with Crippen molar-refractivity contribution < 1.29 is 9.90 Å². The minimum absolute atomic E-state index is 0.0986. The van der Waals surface area contributed by atoms with E-state index in [9.17, 15) is 4.79 Å². The van der Waals surface area contributed by atoms with E-state index in [0.29, 0.717) is 0 Å². The summed E-state index contributed by atoms with van der Waals surface area (Å²) in [5.74, 6) is -0.788. The van der Waals surface area contributed by atoms with Crippen LogP contribution in [0, 0.1) is 19.9 Å². The SMILES string of the molecule is Cc1[c]ccc(CC(=O)O)c1C. The highest BCUT2D eigenvalue weighted by Crippen LogP contribution is 2.12. The molecule has 0 saturated carbocycles. The smallest absolute Gasteiger partial charge is 0.307 e. The van der Waals surface area contributed by atoms with Crippen molar-refractivity contribution in [2.45, 2.75) is 20.3 Å². The number of benzene rings is 1. The van der Waals surface area contributed by atoms with Crippen LogP contribution in [0.3, 0.4) is 0 Å². The second-order valence-electron chi connectivity index (χ2n) is 2.82. The Labute approximate surface area is 71.8 Å². The van der Waals surface area contributed by atoms with Crippen molar-refractivity contribution in [1.29, 1.82) is 0 Å². The van der Waals surface area contributed by atoms with Gasteiger partial charge in [-0.05, 0) is 36.6 Å². The maximum atomic E-state index is 10.4. The van der Waals surface area contributed by atoms with Gasteiger partial charge in [-0.25, -0.2) is 0 Å². The van der Waals surface area contributed by atoms with Crippen molar-refractivity contribution in [1.82, 2.24) is 0 Å². The molecule has 1 aromatic carbocycles. The van der Waals surface area contributed by atoms with E-state index in [-0.39, 0.29) is 6.42 Å². The Balaban J connectivity index is 3.00. The van der Waals surface area contributed by atoms with E-state index in [1.807, 2.05) is 13.8 Å². The van der Waals surface area contributed by atoms with E-state index in [4.69, 9.17) is 5.11 Å². The summed E-state index contributed by atoms with van der Waals surface area (Å²) in [7, 11) is 0. The fraction of sp³-hybridized carbons (Fsp3) is 0.300. The van der Waals surface area contributed by atoms with Crippen LogP contribution in [-0.2, 0) is 11.2 Å².